The highest BCUT2D eigenvalue weighted by molar-refractivity contribution is 7.99. The summed E-state index contributed by atoms with van der Waals surface area (Å²) in [5.41, 5.74) is 1.19. The van der Waals surface area contributed by atoms with Crippen LogP contribution in [0, 0.1) is 5.82 Å². The van der Waals surface area contributed by atoms with Crippen LogP contribution in [0.2, 0.25) is 10.0 Å². The van der Waals surface area contributed by atoms with Crippen LogP contribution in [0.1, 0.15) is 12.8 Å². The molecule has 0 saturated carbocycles. The van der Waals surface area contributed by atoms with E-state index in [-0.39, 0.29) is 16.7 Å². The topological polar surface area (TPSA) is 63.1 Å². The largest absolute Gasteiger partial charge is 0.341 e. The Morgan fingerprint density at radius 3 is 2.67 bits per heavy atom. The number of carbonyl (C=O) groups is 1. The van der Waals surface area contributed by atoms with Crippen LogP contribution >= 0.6 is 35.0 Å². The SMILES string of the molecule is O=C(CSc1nnc(N2CCCC2)n1-c1cccc(Cl)c1)Nc1ccc(F)cc1Cl. The Balaban J connectivity index is 1.54. The Kier molecular flexibility index (Phi) is 6.46. The highest BCUT2D eigenvalue weighted by Gasteiger charge is 2.23. The third-order valence-corrected chi connectivity index (χ3v) is 6.09. The summed E-state index contributed by atoms with van der Waals surface area (Å²) in [7, 11) is 0. The summed E-state index contributed by atoms with van der Waals surface area (Å²) < 4.78 is 15.1. The van der Waals surface area contributed by atoms with Gasteiger partial charge >= 0.3 is 0 Å². The number of halogens is 3. The maximum atomic E-state index is 13.2. The molecule has 1 aliphatic rings. The van der Waals surface area contributed by atoms with E-state index in [1.165, 1.54) is 23.9 Å². The van der Waals surface area contributed by atoms with E-state index >= 15 is 0 Å². The van der Waals surface area contributed by atoms with E-state index in [4.69, 9.17) is 23.2 Å². The summed E-state index contributed by atoms with van der Waals surface area (Å²) in [5, 5.41) is 12.7. The van der Waals surface area contributed by atoms with E-state index in [1.54, 1.807) is 6.07 Å². The number of carbonyl (C=O) groups excluding carboxylic acids is 1. The Labute approximate surface area is 187 Å². The number of rotatable bonds is 6. The maximum absolute atomic E-state index is 13.2. The lowest BCUT2D eigenvalue weighted by molar-refractivity contribution is -0.113. The molecule has 1 aromatic heterocycles. The first-order valence-corrected chi connectivity index (χ1v) is 11.1. The minimum atomic E-state index is -0.462. The molecule has 1 saturated heterocycles. The molecule has 2 heterocycles. The van der Waals surface area contributed by atoms with Crippen molar-refractivity contribution in [2.75, 3.05) is 29.1 Å². The van der Waals surface area contributed by atoms with Gasteiger partial charge in [0.05, 0.1) is 22.2 Å². The predicted octanol–water partition coefficient (Wildman–Crippen LogP) is 5.04. The second kappa shape index (κ2) is 9.24. The molecule has 10 heteroatoms. The standard InChI is InChI=1S/C20H18Cl2FN5OS/c21-13-4-3-5-15(10-13)28-19(27-8-1-2-9-27)25-26-20(28)30-12-18(29)24-17-7-6-14(23)11-16(17)22/h3-7,10-11H,1-2,8-9,12H2,(H,24,29). The van der Waals surface area contributed by atoms with E-state index in [0.717, 1.165) is 43.6 Å². The monoisotopic (exact) mass is 465 g/mol. The molecule has 2 aromatic carbocycles. The van der Waals surface area contributed by atoms with Gasteiger partial charge in [-0.05, 0) is 49.2 Å². The predicted molar refractivity (Wildman–Crippen MR) is 119 cm³/mol. The Morgan fingerprint density at radius 1 is 1.13 bits per heavy atom. The van der Waals surface area contributed by atoms with Crippen LogP contribution < -0.4 is 10.2 Å². The van der Waals surface area contributed by atoms with Gasteiger partial charge in [0.2, 0.25) is 11.9 Å². The fraction of sp³-hybridized carbons (Fsp3) is 0.250. The van der Waals surface area contributed by atoms with Crippen molar-refractivity contribution >= 4 is 52.5 Å². The summed E-state index contributed by atoms with van der Waals surface area (Å²) in [6.45, 7) is 1.82. The van der Waals surface area contributed by atoms with E-state index in [2.05, 4.69) is 20.4 Å². The first-order chi connectivity index (χ1) is 14.5. The van der Waals surface area contributed by atoms with E-state index < -0.39 is 5.82 Å². The van der Waals surface area contributed by atoms with Crippen molar-refractivity contribution in [2.24, 2.45) is 0 Å². The third kappa shape index (κ3) is 4.71. The van der Waals surface area contributed by atoms with Gasteiger partial charge in [0.25, 0.3) is 0 Å². The van der Waals surface area contributed by atoms with Crippen LogP contribution in [0.4, 0.5) is 16.0 Å². The van der Waals surface area contributed by atoms with Crippen molar-refractivity contribution in [2.45, 2.75) is 18.0 Å². The van der Waals surface area contributed by atoms with Gasteiger partial charge < -0.3 is 10.2 Å². The molecule has 1 amide bonds. The number of benzene rings is 2. The minimum absolute atomic E-state index is 0.0897. The van der Waals surface area contributed by atoms with Crippen molar-refractivity contribution < 1.29 is 9.18 Å². The molecule has 1 N–H and O–H groups in total. The second-order valence-corrected chi connectivity index (χ2v) is 8.54. The molecule has 1 aliphatic heterocycles. The summed E-state index contributed by atoms with van der Waals surface area (Å²) in [6, 6.07) is 11.3. The average Bonchev–Trinajstić information content (AvgIpc) is 3.38. The van der Waals surface area contributed by atoms with Gasteiger partial charge in [-0.25, -0.2) is 4.39 Å². The summed E-state index contributed by atoms with van der Waals surface area (Å²) in [5.74, 6) is 0.0828. The fourth-order valence-corrected chi connectivity index (χ4v) is 4.37. The molecule has 0 aliphatic carbocycles. The molecule has 0 spiro atoms. The van der Waals surface area contributed by atoms with Gasteiger partial charge in [-0.1, -0.05) is 41.0 Å². The number of nitrogens with zero attached hydrogens (tertiary/aromatic N) is 4. The van der Waals surface area contributed by atoms with Crippen LogP contribution in [-0.4, -0.2) is 39.5 Å². The second-order valence-electron chi connectivity index (χ2n) is 6.75. The lowest BCUT2D eigenvalue weighted by atomic mass is 10.3. The van der Waals surface area contributed by atoms with Crippen molar-refractivity contribution in [3.63, 3.8) is 0 Å². The van der Waals surface area contributed by atoms with Crippen molar-refractivity contribution in [3.8, 4) is 5.69 Å². The fourth-order valence-electron chi connectivity index (χ4n) is 3.23. The number of hydrogen-bond donors (Lipinski definition) is 1. The quantitative estimate of drug-likeness (QED) is 0.516. The van der Waals surface area contributed by atoms with Crippen LogP contribution in [-0.2, 0) is 4.79 Å². The van der Waals surface area contributed by atoms with E-state index in [0.29, 0.717) is 15.9 Å². The molecule has 6 nitrogen and oxygen atoms in total. The van der Waals surface area contributed by atoms with Crippen LogP contribution in [0.25, 0.3) is 5.69 Å². The van der Waals surface area contributed by atoms with Crippen molar-refractivity contribution in [1.29, 1.82) is 0 Å². The number of anilines is 2. The Bertz CT molecular complexity index is 1070. The average molecular weight is 466 g/mol. The van der Waals surface area contributed by atoms with Gasteiger partial charge in [0.1, 0.15) is 5.82 Å². The molecule has 156 valence electrons. The molecular formula is C20H18Cl2FN5OS. The maximum Gasteiger partial charge on any atom is 0.234 e. The minimum Gasteiger partial charge on any atom is -0.341 e. The van der Waals surface area contributed by atoms with Gasteiger partial charge in [-0.2, -0.15) is 0 Å². The lowest BCUT2D eigenvalue weighted by Crippen LogP contribution is -2.22. The number of amides is 1. The molecule has 0 unspecified atom stereocenters. The van der Waals surface area contributed by atoms with Gasteiger partial charge in [0, 0.05) is 18.1 Å². The summed E-state index contributed by atoms with van der Waals surface area (Å²) in [4.78, 5) is 14.6. The van der Waals surface area contributed by atoms with Gasteiger partial charge in [-0.15, -0.1) is 10.2 Å². The number of thioether (sulfide) groups is 1. The van der Waals surface area contributed by atoms with Gasteiger partial charge in [0.15, 0.2) is 5.16 Å². The summed E-state index contributed by atoms with van der Waals surface area (Å²) in [6.07, 6.45) is 2.21. The normalized spacial score (nSPS) is 13.6. The summed E-state index contributed by atoms with van der Waals surface area (Å²) >= 11 is 13.4. The van der Waals surface area contributed by atoms with Gasteiger partial charge in [-0.3, -0.25) is 9.36 Å². The zero-order valence-corrected chi connectivity index (χ0v) is 18.1. The van der Waals surface area contributed by atoms with Crippen molar-refractivity contribution in [1.82, 2.24) is 14.8 Å². The van der Waals surface area contributed by atoms with E-state index in [9.17, 15) is 9.18 Å². The molecule has 0 radical (unpaired) electrons. The first-order valence-electron chi connectivity index (χ1n) is 9.35. The molecule has 3 aromatic rings. The Morgan fingerprint density at radius 2 is 1.93 bits per heavy atom. The first kappa shape index (κ1) is 21.0. The van der Waals surface area contributed by atoms with E-state index in [1.807, 2.05) is 22.8 Å². The molecule has 4 rings (SSSR count). The highest BCUT2D eigenvalue weighted by Crippen LogP contribution is 2.30. The molecule has 0 atom stereocenters. The molecular weight excluding hydrogens is 448 g/mol. The molecule has 30 heavy (non-hydrogen) atoms. The smallest absolute Gasteiger partial charge is 0.234 e. The molecule has 1 fully saturated rings. The van der Waals surface area contributed by atoms with Crippen LogP contribution in [0.15, 0.2) is 47.6 Å². The van der Waals surface area contributed by atoms with Crippen molar-refractivity contribution in [3.05, 3.63) is 58.3 Å². The zero-order valence-electron chi connectivity index (χ0n) is 15.8. The van der Waals surface area contributed by atoms with Crippen LogP contribution in [0.3, 0.4) is 0 Å². The highest BCUT2D eigenvalue weighted by atomic mass is 35.5. The lowest BCUT2D eigenvalue weighted by Gasteiger charge is -2.18. The van der Waals surface area contributed by atoms with Crippen LogP contribution in [0.5, 0.6) is 0 Å². The Hall–Kier alpha value is -2.29. The zero-order chi connectivity index (χ0) is 21.1. The molecule has 0 bridgehead atoms. The third-order valence-electron chi connectivity index (χ3n) is 4.61. The number of hydrogen-bond acceptors (Lipinski definition) is 5. The number of aromatic nitrogens is 3. The number of nitrogens with one attached hydrogen (secondary N) is 1.